The van der Waals surface area contributed by atoms with Gasteiger partial charge in [-0.3, -0.25) is 9.69 Å². The summed E-state index contributed by atoms with van der Waals surface area (Å²) in [6.45, 7) is 6.75. The number of ketones is 1. The van der Waals surface area contributed by atoms with E-state index in [0.29, 0.717) is 18.7 Å². The number of Topliss-reactive ketones (excluding diaryl/α,β-unsaturated/α-hetero) is 1. The summed E-state index contributed by atoms with van der Waals surface area (Å²) >= 11 is 0. The predicted octanol–water partition coefficient (Wildman–Crippen LogP) is 1.61. The summed E-state index contributed by atoms with van der Waals surface area (Å²) in [5, 5.41) is 0. The van der Waals surface area contributed by atoms with E-state index in [-0.39, 0.29) is 23.3 Å². The van der Waals surface area contributed by atoms with Gasteiger partial charge < -0.3 is 0 Å². The minimum Gasteiger partial charge on any atom is -0.292 e. The first-order valence-electron chi connectivity index (χ1n) is 6.86. The molecule has 1 aliphatic rings. The fourth-order valence-corrected chi connectivity index (χ4v) is 3.65. The van der Waals surface area contributed by atoms with Gasteiger partial charge in [0.1, 0.15) is 0 Å². The molecule has 0 saturated carbocycles. The molecule has 1 saturated heterocycles. The summed E-state index contributed by atoms with van der Waals surface area (Å²) in [6, 6.07) is 5.44. The van der Waals surface area contributed by atoms with Crippen LogP contribution in [0.25, 0.3) is 0 Å². The molecule has 20 heavy (non-hydrogen) atoms. The average molecular weight is 295 g/mol. The normalized spacial score (nSPS) is 20.6. The lowest BCUT2D eigenvalue weighted by Crippen LogP contribution is -2.47. The SMILES string of the molecule is Cc1ccc(C(=O)C(C)N2CCS(=O)(=O)CC2)cc1C. The summed E-state index contributed by atoms with van der Waals surface area (Å²) in [4.78, 5) is 14.4. The molecule has 5 heteroatoms. The number of sulfone groups is 1. The number of aryl methyl sites for hydroxylation is 2. The van der Waals surface area contributed by atoms with Crippen LogP contribution in [0, 0.1) is 13.8 Å². The summed E-state index contributed by atoms with van der Waals surface area (Å²) in [6.07, 6.45) is 0. The van der Waals surface area contributed by atoms with Crippen LogP contribution in [0.1, 0.15) is 28.4 Å². The second-order valence-corrected chi connectivity index (χ2v) is 7.83. The molecule has 1 atom stereocenters. The van der Waals surface area contributed by atoms with Gasteiger partial charge in [0.15, 0.2) is 15.6 Å². The molecule has 2 rings (SSSR count). The Morgan fingerprint density at radius 1 is 1.15 bits per heavy atom. The Kier molecular flexibility index (Phi) is 4.30. The summed E-state index contributed by atoms with van der Waals surface area (Å²) in [5.41, 5.74) is 2.97. The summed E-state index contributed by atoms with van der Waals surface area (Å²) in [5.74, 6) is 0.363. The third kappa shape index (κ3) is 3.27. The highest BCUT2D eigenvalue weighted by atomic mass is 32.2. The molecule has 0 N–H and O–H groups in total. The summed E-state index contributed by atoms with van der Waals surface area (Å²) < 4.78 is 22.9. The van der Waals surface area contributed by atoms with Gasteiger partial charge >= 0.3 is 0 Å². The molecule has 0 aliphatic carbocycles. The van der Waals surface area contributed by atoms with Crippen molar-refractivity contribution in [2.75, 3.05) is 24.6 Å². The lowest BCUT2D eigenvalue weighted by atomic mass is 9.99. The number of carbonyl (C=O) groups excluding carboxylic acids is 1. The van der Waals surface area contributed by atoms with Crippen LogP contribution in [-0.2, 0) is 9.84 Å². The summed E-state index contributed by atoms with van der Waals surface area (Å²) in [7, 11) is -2.90. The van der Waals surface area contributed by atoms with E-state index in [9.17, 15) is 13.2 Å². The predicted molar refractivity (Wildman–Crippen MR) is 79.9 cm³/mol. The van der Waals surface area contributed by atoms with Crippen LogP contribution in [0.4, 0.5) is 0 Å². The molecule has 1 unspecified atom stereocenters. The van der Waals surface area contributed by atoms with Crippen LogP contribution >= 0.6 is 0 Å². The van der Waals surface area contributed by atoms with E-state index in [4.69, 9.17) is 0 Å². The molecule has 1 aromatic rings. The zero-order valence-electron chi connectivity index (χ0n) is 12.2. The number of carbonyl (C=O) groups is 1. The molecule has 0 amide bonds. The standard InChI is InChI=1S/C15H21NO3S/c1-11-4-5-14(10-12(11)2)15(17)13(3)16-6-8-20(18,19)9-7-16/h4-5,10,13H,6-9H2,1-3H3. The first-order valence-corrected chi connectivity index (χ1v) is 8.68. The van der Waals surface area contributed by atoms with E-state index in [1.807, 2.05) is 43.9 Å². The fraction of sp³-hybridized carbons (Fsp3) is 0.533. The molecule has 1 fully saturated rings. The van der Waals surface area contributed by atoms with Crippen molar-refractivity contribution in [1.82, 2.24) is 4.90 Å². The monoisotopic (exact) mass is 295 g/mol. The molecule has 1 heterocycles. The largest absolute Gasteiger partial charge is 0.292 e. The van der Waals surface area contributed by atoms with Crippen LogP contribution in [0.2, 0.25) is 0 Å². The Bertz CT molecular complexity index is 608. The molecule has 0 bridgehead atoms. The van der Waals surface area contributed by atoms with Gasteiger partial charge in [-0.15, -0.1) is 0 Å². The lowest BCUT2D eigenvalue weighted by molar-refractivity contribution is 0.0848. The van der Waals surface area contributed by atoms with Crippen LogP contribution in [0.5, 0.6) is 0 Å². The Morgan fingerprint density at radius 3 is 2.30 bits per heavy atom. The Morgan fingerprint density at radius 2 is 1.75 bits per heavy atom. The molecule has 110 valence electrons. The van der Waals surface area contributed by atoms with Crippen LogP contribution in [0.3, 0.4) is 0 Å². The van der Waals surface area contributed by atoms with Gasteiger partial charge in [0.05, 0.1) is 17.5 Å². The van der Waals surface area contributed by atoms with Gasteiger partial charge in [0.2, 0.25) is 0 Å². The molecular weight excluding hydrogens is 274 g/mol. The first kappa shape index (κ1) is 15.2. The van der Waals surface area contributed by atoms with Crippen molar-refractivity contribution in [2.24, 2.45) is 0 Å². The van der Waals surface area contributed by atoms with E-state index in [1.54, 1.807) is 0 Å². The number of benzene rings is 1. The van der Waals surface area contributed by atoms with Crippen molar-refractivity contribution in [3.8, 4) is 0 Å². The van der Waals surface area contributed by atoms with Crippen LogP contribution in [-0.4, -0.2) is 49.7 Å². The van der Waals surface area contributed by atoms with Crippen molar-refractivity contribution in [3.63, 3.8) is 0 Å². The van der Waals surface area contributed by atoms with E-state index in [0.717, 1.165) is 5.56 Å². The quantitative estimate of drug-likeness (QED) is 0.795. The first-order chi connectivity index (χ1) is 9.30. The molecule has 1 aromatic carbocycles. The number of nitrogens with zero attached hydrogens (tertiary/aromatic N) is 1. The maximum Gasteiger partial charge on any atom is 0.179 e. The average Bonchev–Trinajstić information content (AvgIpc) is 2.40. The van der Waals surface area contributed by atoms with E-state index in [2.05, 4.69) is 0 Å². The molecule has 1 aliphatic heterocycles. The number of hydrogen-bond acceptors (Lipinski definition) is 4. The van der Waals surface area contributed by atoms with Crippen molar-refractivity contribution < 1.29 is 13.2 Å². The molecule has 0 aromatic heterocycles. The Hall–Kier alpha value is -1.20. The molecule has 0 spiro atoms. The molecule has 4 nitrogen and oxygen atoms in total. The minimum absolute atomic E-state index is 0.0624. The highest BCUT2D eigenvalue weighted by Crippen LogP contribution is 2.16. The zero-order valence-corrected chi connectivity index (χ0v) is 13.0. The third-order valence-electron chi connectivity index (χ3n) is 4.10. The van der Waals surface area contributed by atoms with Gasteiger partial charge in [-0.2, -0.15) is 0 Å². The van der Waals surface area contributed by atoms with Gasteiger partial charge in [0.25, 0.3) is 0 Å². The van der Waals surface area contributed by atoms with Crippen LogP contribution in [0.15, 0.2) is 18.2 Å². The van der Waals surface area contributed by atoms with Crippen molar-refractivity contribution in [3.05, 3.63) is 34.9 Å². The van der Waals surface area contributed by atoms with Crippen LogP contribution < -0.4 is 0 Å². The van der Waals surface area contributed by atoms with Gasteiger partial charge in [-0.1, -0.05) is 12.1 Å². The van der Waals surface area contributed by atoms with E-state index >= 15 is 0 Å². The zero-order chi connectivity index (χ0) is 14.9. The number of hydrogen-bond donors (Lipinski definition) is 0. The highest BCUT2D eigenvalue weighted by molar-refractivity contribution is 7.91. The van der Waals surface area contributed by atoms with Gasteiger partial charge in [-0.25, -0.2) is 8.42 Å². The fourth-order valence-electron chi connectivity index (χ4n) is 2.42. The maximum atomic E-state index is 12.5. The van der Waals surface area contributed by atoms with Crippen molar-refractivity contribution >= 4 is 15.6 Å². The maximum absolute atomic E-state index is 12.5. The minimum atomic E-state index is -2.90. The Labute approximate surface area is 120 Å². The van der Waals surface area contributed by atoms with Crippen molar-refractivity contribution in [1.29, 1.82) is 0 Å². The molecular formula is C15H21NO3S. The smallest absolute Gasteiger partial charge is 0.179 e. The second-order valence-electron chi connectivity index (χ2n) is 5.53. The number of rotatable bonds is 3. The third-order valence-corrected chi connectivity index (χ3v) is 5.71. The van der Waals surface area contributed by atoms with E-state index < -0.39 is 9.84 Å². The van der Waals surface area contributed by atoms with E-state index in [1.165, 1.54) is 5.56 Å². The highest BCUT2D eigenvalue weighted by Gasteiger charge is 2.28. The van der Waals surface area contributed by atoms with Gasteiger partial charge in [-0.05, 0) is 38.0 Å². The second kappa shape index (κ2) is 5.66. The van der Waals surface area contributed by atoms with Gasteiger partial charge in [0, 0.05) is 18.7 Å². The Balaban J connectivity index is 2.11. The topological polar surface area (TPSA) is 54.5 Å². The van der Waals surface area contributed by atoms with Crippen molar-refractivity contribution in [2.45, 2.75) is 26.8 Å². The molecule has 0 radical (unpaired) electrons. The lowest BCUT2D eigenvalue weighted by Gasteiger charge is -2.31.